The fourth-order valence-corrected chi connectivity index (χ4v) is 1.90. The van der Waals surface area contributed by atoms with Gasteiger partial charge in [0, 0.05) is 0 Å². The number of hydrazine groups is 1. The van der Waals surface area contributed by atoms with E-state index in [-0.39, 0.29) is 11.8 Å². The van der Waals surface area contributed by atoms with E-state index in [1.165, 1.54) is 11.3 Å². The molecule has 0 aliphatic heterocycles. The maximum Gasteiger partial charge on any atom is 0.272 e. The van der Waals surface area contributed by atoms with Gasteiger partial charge in [0.1, 0.15) is 4.83 Å². The molecule has 3 N–H and O–H groups in total. The number of nitrogens with two attached hydrogens (primary N) is 1. The summed E-state index contributed by atoms with van der Waals surface area (Å²) in [6, 6.07) is 1.71. The molecule has 0 saturated carbocycles. The fraction of sp³-hybridized carbons (Fsp3) is 0.250. The molecule has 16 heavy (non-hydrogen) atoms. The molecule has 0 aliphatic carbocycles. The molecular weight excluding hydrogens is 238 g/mol. The number of fused-ring (bicyclic) bond motifs is 1. The van der Waals surface area contributed by atoms with E-state index in [1.807, 2.05) is 0 Å². The zero-order valence-electron chi connectivity index (χ0n) is 7.98. The summed E-state index contributed by atoms with van der Waals surface area (Å²) in [4.78, 5) is 8.54. The molecule has 5 nitrogen and oxygen atoms in total. The van der Waals surface area contributed by atoms with Gasteiger partial charge in [-0.15, -0.1) is 11.3 Å². The van der Waals surface area contributed by atoms with Crippen molar-refractivity contribution in [3.63, 3.8) is 0 Å². The van der Waals surface area contributed by atoms with Gasteiger partial charge in [-0.2, -0.15) is 4.98 Å². The number of anilines is 1. The van der Waals surface area contributed by atoms with Gasteiger partial charge in [0.05, 0.1) is 5.39 Å². The smallest absolute Gasteiger partial charge is 0.272 e. The van der Waals surface area contributed by atoms with Crippen LogP contribution in [0.5, 0.6) is 5.88 Å². The number of nitrogens with one attached hydrogen (secondary N) is 1. The Balaban J connectivity index is 2.36. The summed E-state index contributed by atoms with van der Waals surface area (Å²) in [6.45, 7) is -0.702. The molecule has 2 aromatic rings. The minimum atomic E-state index is -2.54. The molecule has 0 aliphatic rings. The molecule has 0 bridgehead atoms. The van der Waals surface area contributed by atoms with E-state index in [2.05, 4.69) is 15.4 Å². The molecule has 0 atom stereocenters. The Bertz CT molecular complexity index is 490. The maximum absolute atomic E-state index is 12.0. The van der Waals surface area contributed by atoms with Crippen LogP contribution < -0.4 is 16.0 Å². The molecule has 8 heteroatoms. The lowest BCUT2D eigenvalue weighted by Gasteiger charge is -2.06. The second kappa shape index (κ2) is 4.54. The van der Waals surface area contributed by atoms with Crippen molar-refractivity contribution in [1.82, 2.24) is 9.97 Å². The average molecular weight is 246 g/mol. The molecule has 0 spiro atoms. The first-order valence-corrected chi connectivity index (χ1v) is 5.21. The number of rotatable bonds is 4. The van der Waals surface area contributed by atoms with E-state index in [1.54, 1.807) is 11.4 Å². The Morgan fingerprint density at radius 3 is 3.00 bits per heavy atom. The van der Waals surface area contributed by atoms with Crippen LogP contribution >= 0.6 is 11.3 Å². The number of nitrogen functional groups attached to an aromatic ring is 1. The van der Waals surface area contributed by atoms with Crippen molar-refractivity contribution in [2.45, 2.75) is 6.43 Å². The highest BCUT2D eigenvalue weighted by molar-refractivity contribution is 7.16. The third kappa shape index (κ3) is 2.17. The molecule has 86 valence electrons. The number of ether oxygens (including phenoxy) is 1. The van der Waals surface area contributed by atoms with E-state index < -0.39 is 13.0 Å². The molecule has 0 amide bonds. The zero-order chi connectivity index (χ0) is 11.5. The van der Waals surface area contributed by atoms with Crippen LogP contribution in [0.25, 0.3) is 10.2 Å². The van der Waals surface area contributed by atoms with Crippen LogP contribution in [0.1, 0.15) is 0 Å². The van der Waals surface area contributed by atoms with Gasteiger partial charge in [0.25, 0.3) is 6.43 Å². The topological polar surface area (TPSA) is 73.1 Å². The molecular formula is C8H8F2N4OS. The summed E-state index contributed by atoms with van der Waals surface area (Å²) in [5.74, 6) is 5.41. The minimum Gasteiger partial charge on any atom is -0.471 e. The van der Waals surface area contributed by atoms with Crippen LogP contribution in [0.15, 0.2) is 11.4 Å². The highest BCUT2D eigenvalue weighted by atomic mass is 32.1. The van der Waals surface area contributed by atoms with Crippen molar-refractivity contribution < 1.29 is 13.5 Å². The van der Waals surface area contributed by atoms with E-state index in [4.69, 9.17) is 10.6 Å². The van der Waals surface area contributed by atoms with E-state index in [0.717, 1.165) is 0 Å². The lowest BCUT2D eigenvalue weighted by atomic mass is 10.4. The van der Waals surface area contributed by atoms with Gasteiger partial charge in [-0.05, 0) is 11.4 Å². The van der Waals surface area contributed by atoms with Crippen molar-refractivity contribution in [3.8, 4) is 5.88 Å². The number of thiophene rings is 1. The largest absolute Gasteiger partial charge is 0.471 e. The lowest BCUT2D eigenvalue weighted by Crippen LogP contribution is -2.13. The normalized spacial score (nSPS) is 11.0. The second-order valence-corrected chi connectivity index (χ2v) is 3.73. The molecule has 0 fully saturated rings. The quantitative estimate of drug-likeness (QED) is 0.633. The van der Waals surface area contributed by atoms with Crippen molar-refractivity contribution in [2.24, 2.45) is 5.84 Å². The van der Waals surface area contributed by atoms with Crippen molar-refractivity contribution >= 4 is 27.5 Å². The molecule has 2 rings (SSSR count). The predicted octanol–water partition coefficient (Wildman–Crippen LogP) is 1.62. The molecule has 0 saturated heterocycles. The Kier molecular flexibility index (Phi) is 3.11. The first-order chi connectivity index (χ1) is 7.70. The van der Waals surface area contributed by atoms with Crippen LogP contribution in [0, 0.1) is 0 Å². The number of halogens is 2. The van der Waals surface area contributed by atoms with Gasteiger partial charge in [-0.3, -0.25) is 5.43 Å². The van der Waals surface area contributed by atoms with Crippen LogP contribution in [-0.2, 0) is 0 Å². The number of hydrogen-bond donors (Lipinski definition) is 2. The zero-order valence-corrected chi connectivity index (χ0v) is 8.80. The summed E-state index contributed by atoms with van der Waals surface area (Å²) >= 11 is 1.35. The summed E-state index contributed by atoms with van der Waals surface area (Å²) in [7, 11) is 0. The third-order valence-electron chi connectivity index (χ3n) is 1.77. The SMILES string of the molecule is NNc1nc(OCC(F)F)c2ccsc2n1. The fourth-order valence-electron chi connectivity index (χ4n) is 1.14. The second-order valence-electron chi connectivity index (χ2n) is 2.84. The average Bonchev–Trinajstić information content (AvgIpc) is 2.73. The van der Waals surface area contributed by atoms with Gasteiger partial charge < -0.3 is 4.74 Å². The minimum absolute atomic E-state index is 0.111. The van der Waals surface area contributed by atoms with Crippen molar-refractivity contribution in [2.75, 3.05) is 12.0 Å². The van der Waals surface area contributed by atoms with Gasteiger partial charge in [-0.1, -0.05) is 0 Å². The summed E-state index contributed by atoms with van der Waals surface area (Å²) < 4.78 is 28.9. The lowest BCUT2D eigenvalue weighted by molar-refractivity contribution is 0.0805. The van der Waals surface area contributed by atoms with E-state index in [0.29, 0.717) is 10.2 Å². The molecule has 0 unspecified atom stereocenters. The summed E-state index contributed by atoms with van der Waals surface area (Å²) in [6.07, 6.45) is -2.54. The molecule has 2 heterocycles. The number of nitrogens with zero attached hydrogens (tertiary/aromatic N) is 2. The molecule has 0 radical (unpaired) electrons. The van der Waals surface area contributed by atoms with Gasteiger partial charge in [0.15, 0.2) is 6.61 Å². The number of alkyl halides is 2. The van der Waals surface area contributed by atoms with E-state index >= 15 is 0 Å². The third-order valence-corrected chi connectivity index (χ3v) is 2.57. The highest BCUT2D eigenvalue weighted by Gasteiger charge is 2.11. The molecule has 2 aromatic heterocycles. The van der Waals surface area contributed by atoms with Gasteiger partial charge in [-0.25, -0.2) is 19.6 Å². The predicted molar refractivity (Wildman–Crippen MR) is 56.7 cm³/mol. The molecule has 0 aromatic carbocycles. The Morgan fingerprint density at radius 1 is 1.50 bits per heavy atom. The Labute approximate surface area is 93.2 Å². The first-order valence-electron chi connectivity index (χ1n) is 4.33. The van der Waals surface area contributed by atoms with Crippen molar-refractivity contribution in [3.05, 3.63) is 11.4 Å². The highest BCUT2D eigenvalue weighted by Crippen LogP contribution is 2.28. The van der Waals surface area contributed by atoms with E-state index in [9.17, 15) is 8.78 Å². The van der Waals surface area contributed by atoms with Crippen LogP contribution in [-0.4, -0.2) is 23.0 Å². The number of hydrogen-bond acceptors (Lipinski definition) is 6. The van der Waals surface area contributed by atoms with Gasteiger partial charge in [0.2, 0.25) is 11.8 Å². The first kappa shape index (κ1) is 11.0. The Morgan fingerprint density at radius 2 is 2.31 bits per heavy atom. The van der Waals surface area contributed by atoms with Crippen LogP contribution in [0.3, 0.4) is 0 Å². The van der Waals surface area contributed by atoms with Gasteiger partial charge >= 0.3 is 0 Å². The van der Waals surface area contributed by atoms with Crippen LogP contribution in [0.4, 0.5) is 14.7 Å². The maximum atomic E-state index is 12.0. The monoisotopic (exact) mass is 246 g/mol. The summed E-state index contributed by atoms with van der Waals surface area (Å²) in [5.41, 5.74) is 2.25. The standard InChI is InChI=1S/C8H8F2N4OS/c9-5(10)3-15-6-4-1-2-16-7(4)13-8(12-6)14-11/h1-2,5H,3,11H2,(H,12,13,14). The van der Waals surface area contributed by atoms with Crippen LogP contribution in [0.2, 0.25) is 0 Å². The van der Waals surface area contributed by atoms with Crippen molar-refractivity contribution in [1.29, 1.82) is 0 Å². The number of aromatic nitrogens is 2. The summed E-state index contributed by atoms with van der Waals surface area (Å²) in [5, 5.41) is 2.37. The Hall–Kier alpha value is -1.54.